The number of hydrogen-bond donors (Lipinski definition) is 1. The predicted octanol–water partition coefficient (Wildman–Crippen LogP) is 5.54. The van der Waals surface area contributed by atoms with Gasteiger partial charge in [-0.25, -0.2) is 0 Å². The maximum Gasteiger partial charge on any atom is 0.389 e. The van der Waals surface area contributed by atoms with Gasteiger partial charge in [0.15, 0.2) is 0 Å². The number of aryl methyl sites for hydroxylation is 2. The van der Waals surface area contributed by atoms with Gasteiger partial charge >= 0.3 is 6.18 Å². The number of nitrogens with one attached hydrogen (secondary N) is 1. The van der Waals surface area contributed by atoms with E-state index in [2.05, 4.69) is 10.3 Å². The van der Waals surface area contributed by atoms with Crippen molar-refractivity contribution in [1.82, 2.24) is 4.98 Å². The maximum atomic E-state index is 13.7. The molecule has 4 nitrogen and oxygen atoms in total. The molecule has 1 aromatic heterocycles. The average Bonchev–Trinajstić information content (AvgIpc) is 2.85. The Morgan fingerprint density at radius 3 is 2.81 bits per heavy atom. The predicted molar refractivity (Wildman–Crippen MR) is 111 cm³/mol. The van der Waals surface area contributed by atoms with Gasteiger partial charge in [0.25, 0.3) is 5.91 Å². The average molecular weight is 430 g/mol. The van der Waals surface area contributed by atoms with Crippen molar-refractivity contribution in [2.45, 2.75) is 63.5 Å². The number of alkyl halides is 3. The zero-order valence-electron chi connectivity index (χ0n) is 17.4. The number of anilines is 1. The van der Waals surface area contributed by atoms with E-state index in [9.17, 15) is 22.8 Å². The van der Waals surface area contributed by atoms with E-state index in [1.54, 1.807) is 43.5 Å². The van der Waals surface area contributed by atoms with E-state index in [0.717, 1.165) is 5.56 Å². The molecule has 0 unspecified atom stereocenters. The standard InChI is InChI=1S/C24H25F3N2O2/c1-15-21(6-3-11-28-15)29-22(31)17-7-8-20-16(12-17)4-2-5-18-13-19(30)9-10-23(18,20)14-24(25,26)27/h3,6-8,11-12,18H,2,4-5,9-10,13-14H2,1H3,(H,29,31)/t18-,23-/m0/s1. The van der Waals surface area contributed by atoms with Crippen LogP contribution >= 0.6 is 0 Å². The molecule has 2 aliphatic carbocycles. The fourth-order valence-electron chi connectivity index (χ4n) is 5.33. The third-order valence-electron chi connectivity index (χ3n) is 6.78. The summed E-state index contributed by atoms with van der Waals surface area (Å²) < 4.78 is 41.0. The molecule has 7 heteroatoms. The van der Waals surface area contributed by atoms with Gasteiger partial charge in [-0.05, 0) is 73.9 Å². The van der Waals surface area contributed by atoms with Crippen LogP contribution in [0.1, 0.15) is 65.7 Å². The van der Waals surface area contributed by atoms with Crippen molar-refractivity contribution in [3.63, 3.8) is 0 Å². The van der Waals surface area contributed by atoms with Gasteiger partial charge in [0.05, 0.1) is 17.8 Å². The van der Waals surface area contributed by atoms with Crippen LogP contribution in [-0.4, -0.2) is 22.9 Å². The van der Waals surface area contributed by atoms with Gasteiger partial charge in [-0.3, -0.25) is 14.6 Å². The Balaban J connectivity index is 1.71. The van der Waals surface area contributed by atoms with Crippen LogP contribution in [0.5, 0.6) is 0 Å². The Hall–Kier alpha value is -2.70. The number of aromatic nitrogens is 1. The summed E-state index contributed by atoms with van der Waals surface area (Å²) in [5.41, 5.74) is 2.05. The lowest BCUT2D eigenvalue weighted by atomic mass is 9.59. The number of amides is 1. The third-order valence-corrected chi connectivity index (χ3v) is 6.78. The SMILES string of the molecule is Cc1ncccc1NC(=O)c1ccc2c(c1)CCC[C@H]1CC(=O)CC[C@@]21CC(F)(F)F. The molecule has 0 saturated heterocycles. The fraction of sp³-hybridized carbons (Fsp3) is 0.458. The zero-order chi connectivity index (χ0) is 22.2. The number of hydrogen-bond acceptors (Lipinski definition) is 3. The Morgan fingerprint density at radius 1 is 1.26 bits per heavy atom. The molecule has 2 aliphatic rings. The first-order chi connectivity index (χ1) is 14.7. The highest BCUT2D eigenvalue weighted by atomic mass is 19.4. The number of carbonyl (C=O) groups excluding carboxylic acids is 2. The van der Waals surface area contributed by atoms with Crippen molar-refractivity contribution >= 4 is 17.4 Å². The molecule has 1 fully saturated rings. The summed E-state index contributed by atoms with van der Waals surface area (Å²) in [4.78, 5) is 29.0. The third kappa shape index (κ3) is 4.36. The molecule has 1 saturated carbocycles. The summed E-state index contributed by atoms with van der Waals surface area (Å²) in [5.74, 6) is -0.577. The summed E-state index contributed by atoms with van der Waals surface area (Å²) in [5, 5.41) is 2.83. The van der Waals surface area contributed by atoms with Crippen molar-refractivity contribution in [2.24, 2.45) is 5.92 Å². The highest BCUT2D eigenvalue weighted by Crippen LogP contribution is 2.53. The van der Waals surface area contributed by atoms with Gasteiger partial charge in [0.2, 0.25) is 0 Å². The Labute approximate surface area is 179 Å². The van der Waals surface area contributed by atoms with E-state index in [-0.39, 0.29) is 36.9 Å². The number of pyridine rings is 1. The smallest absolute Gasteiger partial charge is 0.320 e. The number of rotatable bonds is 3. The number of ketones is 1. The number of halogens is 3. The quantitative estimate of drug-likeness (QED) is 0.696. The molecule has 164 valence electrons. The molecule has 2 atom stereocenters. The van der Waals surface area contributed by atoms with Crippen LogP contribution in [0.25, 0.3) is 0 Å². The summed E-state index contributed by atoms with van der Waals surface area (Å²) in [7, 11) is 0. The molecule has 2 aromatic rings. The number of fused-ring (bicyclic) bond motifs is 3. The minimum absolute atomic E-state index is 0.0501. The first-order valence-corrected chi connectivity index (χ1v) is 10.6. The highest BCUT2D eigenvalue weighted by molar-refractivity contribution is 6.04. The first-order valence-electron chi connectivity index (χ1n) is 10.6. The second-order valence-corrected chi connectivity index (χ2v) is 8.74. The Kier molecular flexibility index (Phi) is 5.62. The normalized spacial score (nSPS) is 23.5. The van der Waals surface area contributed by atoms with Gasteiger partial charge in [-0.2, -0.15) is 13.2 Å². The number of nitrogens with zero attached hydrogens (tertiary/aromatic N) is 1. The molecule has 31 heavy (non-hydrogen) atoms. The molecule has 1 heterocycles. The van der Waals surface area contributed by atoms with Crippen LogP contribution in [0.4, 0.5) is 18.9 Å². The molecule has 0 spiro atoms. The van der Waals surface area contributed by atoms with E-state index < -0.39 is 18.0 Å². The topological polar surface area (TPSA) is 59.1 Å². The minimum Gasteiger partial charge on any atom is -0.320 e. The molecule has 1 N–H and O–H groups in total. The van der Waals surface area contributed by atoms with Crippen LogP contribution in [-0.2, 0) is 16.6 Å². The lowest BCUT2D eigenvalue weighted by Crippen LogP contribution is -2.44. The number of benzene rings is 1. The second kappa shape index (κ2) is 8.09. The molecule has 0 bridgehead atoms. The molecular formula is C24H25F3N2O2. The first kappa shape index (κ1) is 21.5. The van der Waals surface area contributed by atoms with Crippen molar-refractivity contribution in [2.75, 3.05) is 5.32 Å². The van der Waals surface area contributed by atoms with Crippen LogP contribution in [0.2, 0.25) is 0 Å². The molecule has 4 rings (SSSR count). The van der Waals surface area contributed by atoms with Gasteiger partial charge in [0, 0.05) is 30.0 Å². The van der Waals surface area contributed by atoms with Crippen molar-refractivity contribution in [3.05, 3.63) is 58.9 Å². The van der Waals surface area contributed by atoms with Crippen molar-refractivity contribution < 1.29 is 22.8 Å². The zero-order valence-corrected chi connectivity index (χ0v) is 17.4. The molecule has 1 amide bonds. The minimum atomic E-state index is -4.33. The fourth-order valence-corrected chi connectivity index (χ4v) is 5.33. The number of Topliss-reactive ketones (excluding diaryl/α,β-unsaturated/α-hetero) is 1. The van der Waals surface area contributed by atoms with Gasteiger partial charge in [-0.1, -0.05) is 6.07 Å². The van der Waals surface area contributed by atoms with E-state index in [1.165, 1.54) is 0 Å². The van der Waals surface area contributed by atoms with Crippen LogP contribution in [0, 0.1) is 12.8 Å². The monoisotopic (exact) mass is 430 g/mol. The van der Waals surface area contributed by atoms with Gasteiger partial charge in [0.1, 0.15) is 5.78 Å². The van der Waals surface area contributed by atoms with Crippen LogP contribution in [0.15, 0.2) is 36.5 Å². The van der Waals surface area contributed by atoms with Gasteiger partial charge < -0.3 is 5.32 Å². The summed E-state index contributed by atoms with van der Waals surface area (Å²) in [6.07, 6.45) is -1.12. The maximum absolute atomic E-state index is 13.7. The lowest BCUT2D eigenvalue weighted by molar-refractivity contribution is -0.159. The van der Waals surface area contributed by atoms with E-state index >= 15 is 0 Å². The van der Waals surface area contributed by atoms with E-state index in [4.69, 9.17) is 0 Å². The summed E-state index contributed by atoms with van der Waals surface area (Å²) in [6.45, 7) is 1.79. The van der Waals surface area contributed by atoms with Crippen molar-refractivity contribution in [3.8, 4) is 0 Å². The molecule has 0 radical (unpaired) electrons. The Morgan fingerprint density at radius 2 is 2.06 bits per heavy atom. The Bertz CT molecular complexity index is 1020. The van der Waals surface area contributed by atoms with E-state index in [1.807, 2.05) is 0 Å². The lowest BCUT2D eigenvalue weighted by Gasteiger charge is -2.44. The molecular weight excluding hydrogens is 405 g/mol. The van der Waals surface area contributed by atoms with E-state index in [0.29, 0.717) is 41.8 Å². The second-order valence-electron chi connectivity index (χ2n) is 8.74. The van der Waals surface area contributed by atoms with Crippen LogP contribution < -0.4 is 5.32 Å². The van der Waals surface area contributed by atoms with Crippen LogP contribution in [0.3, 0.4) is 0 Å². The largest absolute Gasteiger partial charge is 0.389 e. The van der Waals surface area contributed by atoms with Crippen molar-refractivity contribution in [1.29, 1.82) is 0 Å². The summed E-state index contributed by atoms with van der Waals surface area (Å²) in [6, 6.07) is 8.51. The molecule has 1 aromatic carbocycles. The molecule has 0 aliphatic heterocycles. The highest BCUT2D eigenvalue weighted by Gasteiger charge is 2.52. The summed E-state index contributed by atoms with van der Waals surface area (Å²) >= 11 is 0. The number of carbonyl (C=O) groups is 2. The van der Waals surface area contributed by atoms with Gasteiger partial charge in [-0.15, -0.1) is 0 Å².